The first kappa shape index (κ1) is 16.5. The zero-order valence-electron chi connectivity index (χ0n) is 14.2. The van der Waals surface area contributed by atoms with Gasteiger partial charge in [-0.15, -0.1) is 0 Å². The number of aliphatic hydroxyl groups is 1. The summed E-state index contributed by atoms with van der Waals surface area (Å²) in [7, 11) is 0. The van der Waals surface area contributed by atoms with Crippen LogP contribution in [0, 0.1) is 0 Å². The predicted octanol–water partition coefficient (Wildman–Crippen LogP) is -0.328. The zero-order valence-corrected chi connectivity index (χ0v) is 14.2. The third-order valence-electron chi connectivity index (χ3n) is 4.37. The monoisotopic (exact) mass is 358 g/mol. The first-order valence-electron chi connectivity index (χ1n) is 8.65. The number of nitrogens with zero attached hydrogens (tertiary/aromatic N) is 1. The molecule has 1 amide bonds. The molecule has 1 fully saturated rings. The molecule has 0 unspecified atom stereocenters. The molecule has 7 N–H and O–H groups in total. The molecule has 9 nitrogen and oxygen atoms in total. The van der Waals surface area contributed by atoms with Gasteiger partial charge in [0.15, 0.2) is 0 Å². The van der Waals surface area contributed by atoms with Crippen LogP contribution in [-0.2, 0) is 4.79 Å². The van der Waals surface area contributed by atoms with E-state index in [-0.39, 0.29) is 13.2 Å². The minimum absolute atomic E-state index is 0.220. The van der Waals surface area contributed by atoms with Gasteiger partial charge in [0.2, 0.25) is 11.9 Å². The number of guanidine groups is 1. The van der Waals surface area contributed by atoms with Gasteiger partial charge in [-0.2, -0.15) is 0 Å². The van der Waals surface area contributed by atoms with Gasteiger partial charge >= 0.3 is 0 Å². The van der Waals surface area contributed by atoms with E-state index in [9.17, 15) is 9.90 Å². The summed E-state index contributed by atoms with van der Waals surface area (Å²) in [5.41, 5.74) is 7.50. The Kier molecular flexibility index (Phi) is 4.29. The van der Waals surface area contributed by atoms with E-state index in [1.807, 2.05) is 18.2 Å². The number of aliphatic hydroxyl groups excluding tert-OH is 1. The highest BCUT2D eigenvalue weighted by Gasteiger charge is 2.27. The highest BCUT2D eigenvalue weighted by molar-refractivity contribution is 6.00. The van der Waals surface area contributed by atoms with E-state index in [2.05, 4.69) is 26.3 Å². The van der Waals surface area contributed by atoms with Gasteiger partial charge < -0.3 is 36.8 Å². The number of carbonyl (C=O) groups is 1. The Morgan fingerprint density at radius 1 is 1.38 bits per heavy atom. The molecule has 4 rings (SSSR count). The minimum Gasteiger partial charge on any atom is -0.489 e. The largest absolute Gasteiger partial charge is 0.489 e. The van der Waals surface area contributed by atoms with Gasteiger partial charge in [0.1, 0.15) is 24.3 Å². The number of fused-ring (bicyclic) bond motifs is 1. The third kappa shape index (κ3) is 3.67. The predicted molar refractivity (Wildman–Crippen MR) is 97.9 cm³/mol. The molecule has 1 aliphatic carbocycles. The van der Waals surface area contributed by atoms with E-state index in [1.165, 1.54) is 0 Å². The Bertz CT molecular complexity index is 787. The van der Waals surface area contributed by atoms with Crippen LogP contribution in [0.4, 0.5) is 11.4 Å². The van der Waals surface area contributed by atoms with Gasteiger partial charge in [0.05, 0.1) is 17.8 Å². The van der Waals surface area contributed by atoms with Crippen LogP contribution in [0.2, 0.25) is 0 Å². The Morgan fingerprint density at radius 2 is 2.23 bits per heavy atom. The van der Waals surface area contributed by atoms with Crippen molar-refractivity contribution in [2.75, 3.05) is 30.3 Å². The molecule has 0 saturated heterocycles. The van der Waals surface area contributed by atoms with Gasteiger partial charge in [-0.25, -0.2) is 4.99 Å². The highest BCUT2D eigenvalue weighted by Crippen LogP contribution is 2.30. The molecule has 1 aromatic rings. The normalized spacial score (nSPS) is 22.0. The maximum Gasteiger partial charge on any atom is 0.250 e. The lowest BCUT2D eigenvalue weighted by Crippen LogP contribution is -2.43. The number of nitrogens with two attached hydrogens (primary N) is 1. The Morgan fingerprint density at radius 3 is 3.00 bits per heavy atom. The van der Waals surface area contributed by atoms with E-state index in [1.54, 1.807) is 0 Å². The van der Waals surface area contributed by atoms with E-state index >= 15 is 0 Å². The van der Waals surface area contributed by atoms with Crippen LogP contribution in [0.3, 0.4) is 0 Å². The van der Waals surface area contributed by atoms with Crippen molar-refractivity contribution in [2.24, 2.45) is 10.7 Å². The summed E-state index contributed by atoms with van der Waals surface area (Å²) in [6, 6.07) is 5.97. The van der Waals surface area contributed by atoms with Crippen LogP contribution in [0.15, 0.2) is 34.6 Å². The van der Waals surface area contributed by atoms with Crippen molar-refractivity contribution in [3.8, 4) is 5.75 Å². The van der Waals surface area contributed by atoms with Crippen molar-refractivity contribution in [3.05, 3.63) is 29.6 Å². The number of ether oxygens (including phenoxy) is 1. The summed E-state index contributed by atoms with van der Waals surface area (Å²) in [6.45, 7) is 0.909. The zero-order chi connectivity index (χ0) is 18.1. The molecule has 1 atom stereocenters. The molecular weight excluding hydrogens is 336 g/mol. The average molecular weight is 358 g/mol. The fraction of sp³-hybridized carbons (Fsp3) is 0.412. The standard InChI is InChI=1S/C17H22N6O3/c18-15(25)12-7-20-17(23-16(12)21-9-1-2-9)22-10-3-4-14-13(5-10)19-6-11(24)8-26-14/h3-5,9,11,19,21,24H,1-2,6-8H2,(H2,18,25)(H2,20,22,23)/t11-/m1/s1. The van der Waals surface area contributed by atoms with Crippen LogP contribution in [0.25, 0.3) is 0 Å². The summed E-state index contributed by atoms with van der Waals surface area (Å²) >= 11 is 0. The molecular formula is C17H22N6O3. The van der Waals surface area contributed by atoms with E-state index < -0.39 is 12.0 Å². The molecule has 0 spiro atoms. The van der Waals surface area contributed by atoms with Crippen LogP contribution in [0.5, 0.6) is 5.75 Å². The summed E-state index contributed by atoms with van der Waals surface area (Å²) < 4.78 is 5.56. The molecule has 9 heteroatoms. The maximum atomic E-state index is 11.6. The summed E-state index contributed by atoms with van der Waals surface area (Å²) in [6.07, 6.45) is 1.62. The fourth-order valence-corrected chi connectivity index (χ4v) is 2.78. The van der Waals surface area contributed by atoms with Crippen molar-refractivity contribution in [1.29, 1.82) is 0 Å². The Balaban J connectivity index is 1.47. The minimum atomic E-state index is -0.545. The van der Waals surface area contributed by atoms with Crippen LogP contribution < -0.4 is 31.7 Å². The molecule has 0 aromatic heterocycles. The van der Waals surface area contributed by atoms with Crippen molar-refractivity contribution in [3.63, 3.8) is 0 Å². The molecule has 0 radical (unpaired) electrons. The smallest absolute Gasteiger partial charge is 0.250 e. The first-order valence-corrected chi connectivity index (χ1v) is 8.65. The molecule has 3 aliphatic rings. The summed E-state index contributed by atoms with van der Waals surface area (Å²) in [4.78, 5) is 16.0. The lowest BCUT2D eigenvalue weighted by molar-refractivity contribution is -0.114. The average Bonchev–Trinajstić information content (AvgIpc) is 3.44. The lowest BCUT2D eigenvalue weighted by atomic mass is 10.2. The fourth-order valence-electron chi connectivity index (χ4n) is 2.78. The number of primary amides is 1. The quantitative estimate of drug-likeness (QED) is 0.434. The van der Waals surface area contributed by atoms with Gasteiger partial charge in [0, 0.05) is 18.3 Å². The maximum absolute atomic E-state index is 11.6. The number of β-amino-alcohol motifs (C(OH)–C–C–N with tert-alkyl or cyclic N) is 1. The number of amides is 1. The second-order valence-electron chi connectivity index (χ2n) is 6.61. The van der Waals surface area contributed by atoms with Crippen molar-refractivity contribution < 1.29 is 14.6 Å². The third-order valence-corrected chi connectivity index (χ3v) is 4.37. The van der Waals surface area contributed by atoms with Crippen LogP contribution in [0.1, 0.15) is 12.8 Å². The summed E-state index contributed by atoms with van der Waals surface area (Å²) in [5.74, 6) is 1.37. The lowest BCUT2D eigenvalue weighted by Gasteiger charge is -2.23. The number of benzene rings is 1. The SMILES string of the molecule is NC(=O)C1=C(NC2CC2)NC(Nc2ccc3c(c2)NC[C@@H](O)CO3)=NC1. The van der Waals surface area contributed by atoms with E-state index in [0.717, 1.165) is 24.2 Å². The molecule has 1 aromatic carbocycles. The number of carbonyl (C=O) groups excluding carboxylic acids is 1. The summed E-state index contributed by atoms with van der Waals surface area (Å²) in [5, 5.41) is 22.5. The molecule has 2 heterocycles. The van der Waals surface area contributed by atoms with Crippen molar-refractivity contribution >= 4 is 23.2 Å². The van der Waals surface area contributed by atoms with Crippen LogP contribution >= 0.6 is 0 Å². The van der Waals surface area contributed by atoms with E-state index in [4.69, 9.17) is 10.5 Å². The molecule has 26 heavy (non-hydrogen) atoms. The number of hydrogen-bond donors (Lipinski definition) is 6. The Hall–Kier alpha value is -2.94. The van der Waals surface area contributed by atoms with Crippen LogP contribution in [-0.4, -0.2) is 48.8 Å². The van der Waals surface area contributed by atoms with Gasteiger partial charge in [-0.3, -0.25) is 4.79 Å². The number of anilines is 2. The molecule has 1 saturated carbocycles. The van der Waals surface area contributed by atoms with Gasteiger partial charge in [0.25, 0.3) is 0 Å². The van der Waals surface area contributed by atoms with Gasteiger partial charge in [-0.1, -0.05) is 0 Å². The van der Waals surface area contributed by atoms with Gasteiger partial charge in [-0.05, 0) is 31.0 Å². The highest BCUT2D eigenvalue weighted by atomic mass is 16.5. The molecule has 138 valence electrons. The Labute approximate surface area is 150 Å². The topological polar surface area (TPSA) is 133 Å². The van der Waals surface area contributed by atoms with Crippen molar-refractivity contribution in [1.82, 2.24) is 10.6 Å². The number of hydrogen-bond acceptors (Lipinski definition) is 8. The second kappa shape index (κ2) is 6.75. The van der Waals surface area contributed by atoms with Crippen molar-refractivity contribution in [2.45, 2.75) is 25.0 Å². The second-order valence-corrected chi connectivity index (χ2v) is 6.61. The number of nitrogens with one attached hydrogen (secondary N) is 4. The number of rotatable bonds is 4. The van der Waals surface area contributed by atoms with E-state index in [0.29, 0.717) is 35.7 Å². The molecule has 0 bridgehead atoms. The molecule has 2 aliphatic heterocycles. The first-order chi connectivity index (χ1) is 12.6. The number of aliphatic imine (C=N–C) groups is 1.